The molecular formula is C29H33ClFN3O3. The van der Waals surface area contributed by atoms with Crippen LogP contribution in [0.3, 0.4) is 0 Å². The second-order valence-electron chi connectivity index (χ2n) is 10.1. The molecule has 0 atom stereocenters. The summed E-state index contributed by atoms with van der Waals surface area (Å²) in [6, 6.07) is 8.14. The Labute approximate surface area is 221 Å². The molecule has 0 bridgehead atoms. The van der Waals surface area contributed by atoms with E-state index in [0.29, 0.717) is 60.1 Å². The van der Waals surface area contributed by atoms with Crippen molar-refractivity contribution < 1.29 is 18.4 Å². The maximum absolute atomic E-state index is 14.6. The minimum Gasteiger partial charge on any atom is -0.460 e. The number of carbonyl (C=O) groups excluding carboxylic acids is 2. The van der Waals surface area contributed by atoms with Crippen molar-refractivity contribution in [1.82, 2.24) is 14.8 Å². The van der Waals surface area contributed by atoms with E-state index in [9.17, 15) is 14.0 Å². The molecule has 3 aromatic rings. The molecule has 1 aliphatic carbocycles. The van der Waals surface area contributed by atoms with Crippen LogP contribution in [0.15, 0.2) is 46.4 Å². The first kappa shape index (κ1) is 25.6. The molecule has 0 radical (unpaired) electrons. The third kappa shape index (κ3) is 5.61. The fourth-order valence-corrected chi connectivity index (χ4v) is 5.71. The Hall–Kier alpha value is -3.06. The molecular weight excluding hydrogens is 493 g/mol. The van der Waals surface area contributed by atoms with Gasteiger partial charge in [-0.2, -0.15) is 0 Å². The number of amides is 2. The van der Waals surface area contributed by atoms with E-state index in [4.69, 9.17) is 16.0 Å². The van der Waals surface area contributed by atoms with E-state index in [-0.39, 0.29) is 24.3 Å². The van der Waals surface area contributed by atoms with Crippen molar-refractivity contribution in [3.63, 3.8) is 0 Å². The van der Waals surface area contributed by atoms with Gasteiger partial charge in [0.05, 0.1) is 12.1 Å². The van der Waals surface area contributed by atoms with E-state index in [1.807, 2.05) is 13.0 Å². The molecule has 1 aromatic carbocycles. The van der Waals surface area contributed by atoms with Gasteiger partial charge in [-0.3, -0.25) is 9.59 Å². The molecule has 0 saturated carbocycles. The van der Waals surface area contributed by atoms with Crippen LogP contribution in [0.4, 0.5) is 4.39 Å². The molecule has 1 N–H and O–H groups in total. The van der Waals surface area contributed by atoms with Crippen LogP contribution in [-0.4, -0.2) is 40.9 Å². The van der Waals surface area contributed by atoms with Crippen LogP contribution >= 0.6 is 11.6 Å². The summed E-state index contributed by atoms with van der Waals surface area (Å²) < 4.78 is 22.1. The van der Waals surface area contributed by atoms with Crippen molar-refractivity contribution in [3.05, 3.63) is 69.8 Å². The van der Waals surface area contributed by atoms with Gasteiger partial charge in [0.15, 0.2) is 5.58 Å². The zero-order valence-electron chi connectivity index (χ0n) is 21.2. The van der Waals surface area contributed by atoms with Gasteiger partial charge >= 0.3 is 0 Å². The number of benzene rings is 1. The normalized spacial score (nSPS) is 16.7. The fourth-order valence-electron chi connectivity index (χ4n) is 5.48. The summed E-state index contributed by atoms with van der Waals surface area (Å²) in [7, 11) is 0. The average Bonchev–Trinajstić information content (AvgIpc) is 3.42. The lowest BCUT2D eigenvalue weighted by Gasteiger charge is -2.31. The van der Waals surface area contributed by atoms with Crippen LogP contribution in [0.1, 0.15) is 66.8 Å². The van der Waals surface area contributed by atoms with E-state index in [1.165, 1.54) is 24.5 Å². The minimum atomic E-state index is -0.417. The number of rotatable bonds is 7. The molecule has 2 aromatic heterocycles. The lowest BCUT2D eigenvalue weighted by Crippen LogP contribution is -2.43. The SMILES string of the molecule is Cc1cc2c(cc(C(=O)N3CCC(C(=O)NCCC4=CCCCC4)CC3)n2Cc2c(F)cccc2Cl)o1. The van der Waals surface area contributed by atoms with E-state index in [2.05, 4.69) is 11.4 Å². The summed E-state index contributed by atoms with van der Waals surface area (Å²) in [6.07, 6.45) is 9.28. The number of piperidine rings is 1. The van der Waals surface area contributed by atoms with Gasteiger partial charge in [-0.05, 0) is 64.0 Å². The van der Waals surface area contributed by atoms with Crippen molar-refractivity contribution in [2.45, 2.75) is 58.4 Å². The van der Waals surface area contributed by atoms with Gasteiger partial charge in [-0.25, -0.2) is 4.39 Å². The van der Waals surface area contributed by atoms with Gasteiger partial charge in [0.25, 0.3) is 5.91 Å². The van der Waals surface area contributed by atoms with Crippen LogP contribution in [0, 0.1) is 18.7 Å². The molecule has 6 nitrogen and oxygen atoms in total. The molecule has 5 rings (SSSR count). The molecule has 8 heteroatoms. The number of aryl methyl sites for hydroxylation is 1. The Morgan fingerprint density at radius 1 is 1.19 bits per heavy atom. The number of halogens is 2. The summed E-state index contributed by atoms with van der Waals surface area (Å²) in [6.45, 7) is 3.62. The predicted octanol–water partition coefficient (Wildman–Crippen LogP) is 6.24. The predicted molar refractivity (Wildman–Crippen MR) is 142 cm³/mol. The van der Waals surface area contributed by atoms with Gasteiger partial charge in [0.2, 0.25) is 5.91 Å². The summed E-state index contributed by atoms with van der Waals surface area (Å²) >= 11 is 6.30. The molecule has 37 heavy (non-hydrogen) atoms. The Balaban J connectivity index is 1.25. The quantitative estimate of drug-likeness (QED) is 0.371. The molecule has 1 aliphatic heterocycles. The summed E-state index contributed by atoms with van der Waals surface area (Å²) in [4.78, 5) is 28.1. The number of aromatic nitrogens is 1. The van der Waals surface area contributed by atoms with Gasteiger partial charge in [-0.15, -0.1) is 0 Å². The van der Waals surface area contributed by atoms with E-state index >= 15 is 0 Å². The number of allylic oxidation sites excluding steroid dienone is 1. The largest absolute Gasteiger partial charge is 0.460 e. The maximum Gasteiger partial charge on any atom is 0.270 e. The third-order valence-electron chi connectivity index (χ3n) is 7.59. The lowest BCUT2D eigenvalue weighted by atomic mass is 9.95. The average molecular weight is 526 g/mol. The van der Waals surface area contributed by atoms with Crippen molar-refractivity contribution in [2.75, 3.05) is 19.6 Å². The molecule has 196 valence electrons. The Morgan fingerprint density at radius 2 is 2.00 bits per heavy atom. The molecule has 3 heterocycles. The number of hydrogen-bond acceptors (Lipinski definition) is 3. The third-order valence-corrected chi connectivity index (χ3v) is 7.95. The second kappa shape index (κ2) is 11.1. The lowest BCUT2D eigenvalue weighted by molar-refractivity contribution is -0.126. The highest BCUT2D eigenvalue weighted by molar-refractivity contribution is 6.31. The number of furan rings is 1. The van der Waals surface area contributed by atoms with Gasteiger partial charge in [-0.1, -0.05) is 29.3 Å². The molecule has 1 fully saturated rings. The summed E-state index contributed by atoms with van der Waals surface area (Å²) in [5.41, 5.74) is 3.51. The highest BCUT2D eigenvalue weighted by atomic mass is 35.5. The Morgan fingerprint density at radius 3 is 2.73 bits per heavy atom. The number of nitrogens with one attached hydrogen (secondary N) is 1. The summed E-state index contributed by atoms with van der Waals surface area (Å²) in [5, 5.41) is 3.41. The van der Waals surface area contributed by atoms with Crippen molar-refractivity contribution in [3.8, 4) is 0 Å². The first-order chi connectivity index (χ1) is 17.9. The van der Waals surface area contributed by atoms with Crippen LogP contribution < -0.4 is 5.32 Å². The van der Waals surface area contributed by atoms with E-state index < -0.39 is 5.82 Å². The fraction of sp³-hybridized carbons (Fsp3) is 0.448. The van der Waals surface area contributed by atoms with Gasteiger partial charge in [0, 0.05) is 48.3 Å². The van der Waals surface area contributed by atoms with E-state index in [0.717, 1.165) is 24.8 Å². The molecule has 0 unspecified atom stereocenters. The molecule has 0 spiro atoms. The molecule has 2 aliphatic rings. The van der Waals surface area contributed by atoms with Crippen LogP contribution in [0.5, 0.6) is 0 Å². The monoisotopic (exact) mass is 525 g/mol. The topological polar surface area (TPSA) is 67.5 Å². The number of nitrogens with zero attached hydrogens (tertiary/aromatic N) is 2. The maximum atomic E-state index is 14.6. The van der Waals surface area contributed by atoms with Gasteiger partial charge < -0.3 is 19.2 Å². The summed E-state index contributed by atoms with van der Waals surface area (Å²) in [5.74, 6) is 0.129. The Kier molecular flexibility index (Phi) is 7.70. The first-order valence-corrected chi connectivity index (χ1v) is 13.6. The minimum absolute atomic E-state index is 0.0778. The second-order valence-corrected chi connectivity index (χ2v) is 10.5. The number of fused-ring (bicyclic) bond motifs is 1. The van der Waals surface area contributed by atoms with Crippen molar-refractivity contribution in [1.29, 1.82) is 0 Å². The molecule has 1 saturated heterocycles. The highest BCUT2D eigenvalue weighted by Crippen LogP contribution is 2.29. The smallest absolute Gasteiger partial charge is 0.270 e. The van der Waals surface area contributed by atoms with Crippen LogP contribution in [-0.2, 0) is 11.3 Å². The number of likely N-dealkylation sites (tertiary alicyclic amines) is 1. The van der Waals surface area contributed by atoms with Gasteiger partial charge in [0.1, 0.15) is 17.3 Å². The number of carbonyl (C=O) groups is 2. The van der Waals surface area contributed by atoms with Crippen LogP contribution in [0.25, 0.3) is 11.1 Å². The highest BCUT2D eigenvalue weighted by Gasteiger charge is 2.30. The zero-order chi connectivity index (χ0) is 25.9. The number of hydrogen-bond donors (Lipinski definition) is 1. The standard InChI is InChI=1S/C29H33ClFN3O3/c1-19-16-25-27(37-19)17-26(34(25)18-22-23(30)8-5-9-24(22)31)29(36)33-14-11-21(12-15-33)28(35)32-13-10-20-6-3-2-4-7-20/h5-6,8-9,16-17,21H,2-4,7,10-15,18H2,1H3,(H,32,35). The Bertz CT molecular complexity index is 1310. The first-order valence-electron chi connectivity index (χ1n) is 13.2. The van der Waals surface area contributed by atoms with Crippen LogP contribution in [0.2, 0.25) is 5.02 Å². The molecule has 2 amide bonds. The van der Waals surface area contributed by atoms with Crippen molar-refractivity contribution >= 4 is 34.5 Å². The van der Waals surface area contributed by atoms with E-state index in [1.54, 1.807) is 27.7 Å². The van der Waals surface area contributed by atoms with Crippen molar-refractivity contribution in [2.24, 2.45) is 5.92 Å². The zero-order valence-corrected chi connectivity index (χ0v) is 22.0.